The Kier molecular flexibility index (Phi) is 12.2. The number of alkyl halides is 1. The summed E-state index contributed by atoms with van der Waals surface area (Å²) < 4.78 is 26.0. The van der Waals surface area contributed by atoms with E-state index in [0.29, 0.717) is 38.2 Å². The second-order valence-corrected chi connectivity index (χ2v) is 11.0. The SMILES string of the molecule is O=C(CCl)Nc1ccc(F)c(O)c1.[C-]#[N+]c1cc2[nH]c(=S)[nH]c2cn1.[C-]#[N+]c1cc2nc(SCC(=O)Nc3ccc(F)c(O)c3)[nH]c2cn1. The number of benzene rings is 2. The summed E-state index contributed by atoms with van der Waals surface area (Å²) in [6, 6.07) is 10.3. The number of thioether (sulfide) groups is 1. The fourth-order valence-electron chi connectivity index (χ4n) is 3.70. The number of nitrogens with zero attached hydrogens (tertiary/aromatic N) is 5. The predicted molar refractivity (Wildman–Crippen MR) is 183 cm³/mol. The van der Waals surface area contributed by atoms with E-state index < -0.39 is 29.0 Å². The van der Waals surface area contributed by atoms with Crippen molar-refractivity contribution in [3.8, 4) is 11.5 Å². The number of phenolic OH excluding ortho intramolecular Hbond substituents is 2. The minimum Gasteiger partial charge on any atom is -0.505 e. The van der Waals surface area contributed by atoms with Gasteiger partial charge in [-0.05, 0) is 48.6 Å². The first-order valence-electron chi connectivity index (χ1n) is 13.4. The van der Waals surface area contributed by atoms with Crippen LogP contribution in [-0.4, -0.2) is 63.6 Å². The molecule has 0 aliphatic carbocycles. The van der Waals surface area contributed by atoms with Crippen molar-refractivity contribution < 1.29 is 28.6 Å². The van der Waals surface area contributed by atoms with Crippen LogP contribution < -0.4 is 10.6 Å². The topological polar surface area (TPSA) is 193 Å². The number of aromatic amines is 3. The molecular weight excluding hydrogens is 702 g/mol. The molecule has 4 heterocycles. The number of phenols is 2. The molecule has 7 N–H and O–H groups in total. The molecule has 0 aliphatic rings. The number of pyridine rings is 2. The van der Waals surface area contributed by atoms with E-state index in [1.54, 1.807) is 18.3 Å². The normalized spacial score (nSPS) is 10.1. The zero-order valence-corrected chi connectivity index (χ0v) is 27.0. The standard InChI is InChI=1S/C15H10FN5O2S.C8H7ClFNO2.C7H4N4S/c1-17-13-5-10-11(6-18-13)21-15(20-10)24-7-14(23)19-8-2-3-9(16)12(22)4-8;9-4-8(13)11-5-1-2-6(10)7(12)3-5;1-8-6-2-4-5(3-9-6)11-7(12)10-4/h2-6,22H,7H2,(H,19,23)(H,20,21);1-3,12H,4H2,(H,11,13);2-3H,(H2,10,11,12). The van der Waals surface area contributed by atoms with Crippen LogP contribution in [0.4, 0.5) is 31.8 Å². The number of H-pyrrole nitrogens is 3. The molecule has 0 radical (unpaired) electrons. The van der Waals surface area contributed by atoms with Gasteiger partial charge in [0.25, 0.3) is 11.6 Å². The molecule has 4 aromatic heterocycles. The molecule has 0 saturated heterocycles. The number of aromatic hydroxyl groups is 2. The summed E-state index contributed by atoms with van der Waals surface area (Å²) in [4.78, 5) is 50.0. The zero-order chi connectivity index (χ0) is 35.5. The van der Waals surface area contributed by atoms with Gasteiger partial charge in [0.1, 0.15) is 29.3 Å². The van der Waals surface area contributed by atoms with Crippen molar-refractivity contribution in [3.63, 3.8) is 0 Å². The number of fused-ring (bicyclic) bond motifs is 2. The molecule has 0 unspecified atom stereocenters. The summed E-state index contributed by atoms with van der Waals surface area (Å²) in [7, 11) is 0. The van der Waals surface area contributed by atoms with E-state index in [1.165, 1.54) is 30.1 Å². The number of nitrogens with one attached hydrogen (secondary N) is 5. The van der Waals surface area contributed by atoms with Crippen molar-refractivity contribution in [2.24, 2.45) is 0 Å². The third kappa shape index (κ3) is 10.2. The third-order valence-corrected chi connectivity index (χ3v) is 7.19. The third-order valence-electron chi connectivity index (χ3n) is 5.87. The minimum absolute atomic E-state index is 0.0705. The van der Waals surface area contributed by atoms with Crippen molar-refractivity contribution in [3.05, 3.63) is 100 Å². The monoisotopic (exact) mass is 722 g/mol. The quantitative estimate of drug-likeness (QED) is 0.0412. The zero-order valence-electron chi connectivity index (χ0n) is 24.6. The van der Waals surface area contributed by atoms with Crippen LogP contribution in [0.5, 0.6) is 11.5 Å². The Bertz CT molecular complexity index is 2300. The number of amides is 2. The number of rotatable bonds is 6. The predicted octanol–water partition coefficient (Wildman–Crippen LogP) is 6.96. The molecule has 0 saturated carbocycles. The smallest absolute Gasteiger partial charge is 0.271 e. The number of aromatic nitrogens is 6. The highest BCUT2D eigenvalue weighted by atomic mass is 35.5. The second-order valence-electron chi connectivity index (χ2n) is 9.34. The molecule has 0 atom stereocenters. The lowest BCUT2D eigenvalue weighted by atomic mass is 10.3. The first-order chi connectivity index (χ1) is 23.5. The van der Waals surface area contributed by atoms with Gasteiger partial charge in [-0.1, -0.05) is 24.9 Å². The summed E-state index contributed by atoms with van der Waals surface area (Å²) in [6.07, 6.45) is 3.11. The number of hydrogen-bond donors (Lipinski definition) is 7. The van der Waals surface area contributed by atoms with Crippen molar-refractivity contribution >= 4 is 92.5 Å². The van der Waals surface area contributed by atoms with E-state index in [0.717, 1.165) is 35.3 Å². The average molecular weight is 723 g/mol. The van der Waals surface area contributed by atoms with E-state index in [4.69, 9.17) is 42.1 Å². The molecule has 14 nitrogen and oxygen atoms in total. The molecule has 49 heavy (non-hydrogen) atoms. The minimum atomic E-state index is -0.753. The van der Waals surface area contributed by atoms with Gasteiger partial charge in [-0.15, -0.1) is 21.6 Å². The molecule has 19 heteroatoms. The summed E-state index contributed by atoms with van der Waals surface area (Å²) in [5.41, 5.74) is 3.53. The van der Waals surface area contributed by atoms with Crippen LogP contribution in [0.3, 0.4) is 0 Å². The van der Waals surface area contributed by atoms with Crippen LogP contribution in [0.1, 0.15) is 0 Å². The highest BCUT2D eigenvalue weighted by Gasteiger charge is 2.10. The number of imidazole rings is 2. The summed E-state index contributed by atoms with van der Waals surface area (Å²) in [5.74, 6) is -2.75. The Hall–Kier alpha value is -6.08. The molecule has 0 bridgehead atoms. The lowest BCUT2D eigenvalue weighted by Gasteiger charge is -2.05. The van der Waals surface area contributed by atoms with Gasteiger partial charge < -0.3 is 45.5 Å². The Balaban J connectivity index is 0.000000182. The summed E-state index contributed by atoms with van der Waals surface area (Å²) >= 11 is 11.3. The van der Waals surface area contributed by atoms with Gasteiger partial charge in [-0.3, -0.25) is 9.59 Å². The highest BCUT2D eigenvalue weighted by Crippen LogP contribution is 2.24. The van der Waals surface area contributed by atoms with Gasteiger partial charge in [0.2, 0.25) is 11.8 Å². The van der Waals surface area contributed by atoms with Crippen LogP contribution in [0.15, 0.2) is 66.1 Å². The molecule has 0 aliphatic heterocycles. The number of hydrogen-bond acceptors (Lipinski definition) is 9. The summed E-state index contributed by atoms with van der Waals surface area (Å²) in [5, 5.41) is 23.6. The van der Waals surface area contributed by atoms with Gasteiger partial charge in [-0.25, -0.2) is 13.8 Å². The molecule has 6 rings (SSSR count). The second kappa shape index (κ2) is 16.7. The van der Waals surface area contributed by atoms with E-state index in [-0.39, 0.29) is 23.4 Å². The van der Waals surface area contributed by atoms with Crippen LogP contribution in [0.25, 0.3) is 31.8 Å². The Morgan fingerprint density at radius 2 is 1.39 bits per heavy atom. The lowest BCUT2D eigenvalue weighted by molar-refractivity contribution is -0.114. The molecular formula is C30H21ClF2N10O4S2. The van der Waals surface area contributed by atoms with Crippen molar-refractivity contribution in [2.75, 3.05) is 22.3 Å². The van der Waals surface area contributed by atoms with E-state index in [1.807, 2.05) is 0 Å². The van der Waals surface area contributed by atoms with Crippen molar-refractivity contribution in [1.29, 1.82) is 0 Å². The van der Waals surface area contributed by atoms with Crippen molar-refractivity contribution in [2.45, 2.75) is 5.16 Å². The Labute approximate surface area is 289 Å². The van der Waals surface area contributed by atoms with Crippen LogP contribution in [0.2, 0.25) is 0 Å². The fourth-order valence-corrected chi connectivity index (χ4v) is 4.67. The van der Waals surface area contributed by atoms with E-state index >= 15 is 0 Å². The van der Waals surface area contributed by atoms with Gasteiger partial charge >= 0.3 is 0 Å². The van der Waals surface area contributed by atoms with Crippen molar-refractivity contribution in [1.82, 2.24) is 29.9 Å². The molecule has 2 aromatic carbocycles. The number of anilines is 2. The van der Waals surface area contributed by atoms with Crippen LogP contribution >= 0.6 is 35.6 Å². The van der Waals surface area contributed by atoms with Crippen LogP contribution in [0, 0.1) is 29.5 Å². The maximum Gasteiger partial charge on any atom is 0.271 e. The van der Waals surface area contributed by atoms with Gasteiger partial charge in [0.05, 0.1) is 16.8 Å². The van der Waals surface area contributed by atoms with Gasteiger partial charge in [0, 0.05) is 23.5 Å². The first-order valence-corrected chi connectivity index (χ1v) is 15.3. The highest BCUT2D eigenvalue weighted by molar-refractivity contribution is 7.99. The number of carbonyl (C=O) groups excluding carboxylic acids is 2. The molecule has 0 spiro atoms. The number of halogens is 3. The molecule has 6 aromatic rings. The van der Waals surface area contributed by atoms with E-state index in [2.05, 4.69) is 50.2 Å². The maximum absolute atomic E-state index is 13.0. The number of carbonyl (C=O) groups is 2. The van der Waals surface area contributed by atoms with E-state index in [9.17, 15) is 23.5 Å². The maximum atomic E-state index is 13.0. The lowest BCUT2D eigenvalue weighted by Crippen LogP contribution is -2.14. The Morgan fingerprint density at radius 3 is 1.96 bits per heavy atom. The first kappa shape index (κ1) is 35.8. The van der Waals surface area contributed by atoms with Gasteiger partial charge in [0.15, 0.2) is 33.1 Å². The van der Waals surface area contributed by atoms with Gasteiger partial charge in [-0.2, -0.15) is 0 Å². The fraction of sp³-hybridized carbons (Fsp3) is 0.0667. The molecule has 248 valence electrons. The average Bonchev–Trinajstić information content (AvgIpc) is 3.68. The molecule has 0 fully saturated rings. The van der Waals surface area contributed by atoms with Crippen LogP contribution in [-0.2, 0) is 9.59 Å². The Morgan fingerprint density at radius 1 is 0.837 bits per heavy atom. The largest absolute Gasteiger partial charge is 0.505 e. The summed E-state index contributed by atoms with van der Waals surface area (Å²) in [6.45, 7) is 13.7. The molecule has 2 amide bonds.